The van der Waals surface area contributed by atoms with E-state index in [1.54, 1.807) is 30.4 Å². The molecule has 9 heteroatoms. The van der Waals surface area contributed by atoms with E-state index < -0.39 is 0 Å². The van der Waals surface area contributed by atoms with E-state index in [1.165, 1.54) is 18.0 Å². The van der Waals surface area contributed by atoms with E-state index in [9.17, 15) is 4.79 Å². The zero-order valence-electron chi connectivity index (χ0n) is 10.9. The van der Waals surface area contributed by atoms with E-state index in [2.05, 4.69) is 20.6 Å². The molecule has 0 aliphatic heterocycles. The number of thioether (sulfide) groups is 1. The number of hydrogen-bond acceptors (Lipinski definition) is 7. The van der Waals surface area contributed by atoms with Crippen LogP contribution in [0.4, 0.5) is 0 Å². The van der Waals surface area contributed by atoms with Crippen LogP contribution in [0, 0.1) is 0 Å². The molecule has 0 aromatic carbocycles. The number of carbonyl (C=O) groups is 1. The Balaban J connectivity index is 2.13. The van der Waals surface area contributed by atoms with E-state index in [0.29, 0.717) is 23.1 Å². The molecular weight excluding hydrogens is 268 g/mol. The number of aryl methyl sites for hydroxylation is 2. The molecule has 2 heterocycles. The van der Waals surface area contributed by atoms with Crippen molar-refractivity contribution in [2.75, 3.05) is 6.61 Å². The summed E-state index contributed by atoms with van der Waals surface area (Å²) in [7, 11) is 3.55. The molecule has 0 radical (unpaired) electrons. The number of rotatable bonds is 5. The number of hydrogen-bond donors (Lipinski definition) is 0. The first-order valence-electron chi connectivity index (χ1n) is 5.66. The first-order chi connectivity index (χ1) is 9.13. The van der Waals surface area contributed by atoms with Crippen LogP contribution in [-0.4, -0.2) is 42.6 Å². The monoisotopic (exact) mass is 282 g/mol. The molecule has 2 rings (SSSR count). The van der Waals surface area contributed by atoms with Gasteiger partial charge in [0.15, 0.2) is 0 Å². The van der Waals surface area contributed by atoms with Crippen molar-refractivity contribution in [2.45, 2.75) is 17.8 Å². The van der Waals surface area contributed by atoms with Crippen molar-refractivity contribution < 1.29 is 9.53 Å². The third-order valence-corrected chi connectivity index (χ3v) is 3.50. The Morgan fingerprint density at radius 3 is 2.84 bits per heavy atom. The molecular formula is C10H14N6O2S. The fourth-order valence-corrected chi connectivity index (χ4v) is 2.42. The highest BCUT2D eigenvalue weighted by Crippen LogP contribution is 2.21. The van der Waals surface area contributed by atoms with Crippen LogP contribution in [0.25, 0.3) is 0 Å². The van der Waals surface area contributed by atoms with Crippen molar-refractivity contribution in [1.29, 1.82) is 0 Å². The minimum atomic E-state index is -0.359. The Morgan fingerprint density at radius 2 is 2.21 bits per heavy atom. The van der Waals surface area contributed by atoms with Crippen molar-refractivity contribution in [3.63, 3.8) is 0 Å². The van der Waals surface area contributed by atoms with E-state index in [0.717, 1.165) is 5.69 Å². The predicted octanol–water partition coefficient (Wildman–Crippen LogP) is 0.413. The van der Waals surface area contributed by atoms with Gasteiger partial charge < -0.3 is 4.74 Å². The van der Waals surface area contributed by atoms with Gasteiger partial charge in [0.1, 0.15) is 5.56 Å². The van der Waals surface area contributed by atoms with Crippen LogP contribution in [0.1, 0.15) is 23.0 Å². The summed E-state index contributed by atoms with van der Waals surface area (Å²) < 4.78 is 8.23. The molecule has 0 atom stereocenters. The van der Waals surface area contributed by atoms with Gasteiger partial charge in [0, 0.05) is 19.8 Å². The fourth-order valence-electron chi connectivity index (χ4n) is 1.49. The number of ether oxygens (including phenoxy) is 1. The van der Waals surface area contributed by atoms with Crippen LogP contribution in [0.2, 0.25) is 0 Å². The highest BCUT2D eigenvalue weighted by Gasteiger charge is 2.18. The molecule has 2 aromatic heterocycles. The molecule has 2 aromatic rings. The predicted molar refractivity (Wildman–Crippen MR) is 67.5 cm³/mol. The highest BCUT2D eigenvalue weighted by atomic mass is 32.2. The summed E-state index contributed by atoms with van der Waals surface area (Å²) in [5.41, 5.74) is 1.26. The van der Waals surface area contributed by atoms with E-state index in [1.807, 2.05) is 0 Å². The van der Waals surface area contributed by atoms with Gasteiger partial charge in [0.25, 0.3) is 0 Å². The summed E-state index contributed by atoms with van der Waals surface area (Å²) >= 11 is 1.43. The van der Waals surface area contributed by atoms with Crippen LogP contribution >= 0.6 is 11.8 Å². The number of tetrazole rings is 1. The summed E-state index contributed by atoms with van der Waals surface area (Å²) in [4.78, 5) is 11.8. The zero-order valence-corrected chi connectivity index (χ0v) is 11.7. The SMILES string of the molecule is CCOC(=O)c1cnn(C)c1CSc1nnnn1C. The van der Waals surface area contributed by atoms with Crippen molar-refractivity contribution >= 4 is 17.7 Å². The second kappa shape index (κ2) is 5.83. The lowest BCUT2D eigenvalue weighted by Gasteiger charge is -2.05. The summed E-state index contributed by atoms with van der Waals surface area (Å²) in [6, 6.07) is 0. The third kappa shape index (κ3) is 2.92. The molecule has 19 heavy (non-hydrogen) atoms. The van der Waals surface area contributed by atoms with Crippen molar-refractivity contribution in [3.05, 3.63) is 17.5 Å². The maximum atomic E-state index is 11.8. The topological polar surface area (TPSA) is 87.7 Å². The molecule has 0 amide bonds. The van der Waals surface area contributed by atoms with Crippen molar-refractivity contribution in [1.82, 2.24) is 30.0 Å². The smallest absolute Gasteiger partial charge is 0.341 e. The maximum absolute atomic E-state index is 11.8. The first kappa shape index (κ1) is 13.5. The first-order valence-corrected chi connectivity index (χ1v) is 6.65. The van der Waals surface area contributed by atoms with Gasteiger partial charge in [-0.2, -0.15) is 5.10 Å². The van der Waals surface area contributed by atoms with E-state index in [-0.39, 0.29) is 5.97 Å². The van der Waals surface area contributed by atoms with Gasteiger partial charge >= 0.3 is 5.97 Å². The number of carbonyl (C=O) groups excluding carboxylic acids is 1. The van der Waals surface area contributed by atoms with Gasteiger partial charge in [-0.25, -0.2) is 9.48 Å². The molecule has 0 unspecified atom stereocenters. The Morgan fingerprint density at radius 1 is 1.42 bits per heavy atom. The van der Waals surface area contributed by atoms with Crippen LogP contribution in [0.15, 0.2) is 11.4 Å². The molecule has 0 fully saturated rings. The third-order valence-electron chi connectivity index (χ3n) is 2.48. The van der Waals surface area contributed by atoms with Crippen LogP contribution in [0.3, 0.4) is 0 Å². The largest absolute Gasteiger partial charge is 0.462 e. The van der Waals surface area contributed by atoms with Gasteiger partial charge in [-0.1, -0.05) is 11.8 Å². The highest BCUT2D eigenvalue weighted by molar-refractivity contribution is 7.98. The fraction of sp³-hybridized carbons (Fsp3) is 0.500. The van der Waals surface area contributed by atoms with Gasteiger partial charge in [-0.3, -0.25) is 4.68 Å². The van der Waals surface area contributed by atoms with Crippen LogP contribution in [0.5, 0.6) is 0 Å². The minimum Gasteiger partial charge on any atom is -0.462 e. The van der Waals surface area contributed by atoms with Gasteiger partial charge in [-0.05, 0) is 17.4 Å². The molecule has 0 aliphatic rings. The van der Waals surface area contributed by atoms with Crippen molar-refractivity contribution in [3.8, 4) is 0 Å². The summed E-state index contributed by atoms with van der Waals surface area (Å²) in [5, 5.41) is 15.9. The number of nitrogens with zero attached hydrogens (tertiary/aromatic N) is 6. The zero-order chi connectivity index (χ0) is 13.8. The lowest BCUT2D eigenvalue weighted by atomic mass is 10.3. The Hall–Kier alpha value is -1.90. The van der Waals surface area contributed by atoms with Gasteiger partial charge in [0.2, 0.25) is 5.16 Å². The molecule has 0 saturated carbocycles. The number of esters is 1. The van der Waals surface area contributed by atoms with Crippen LogP contribution in [-0.2, 0) is 24.6 Å². The second-order valence-corrected chi connectivity index (χ2v) is 4.67. The molecule has 0 aliphatic carbocycles. The average Bonchev–Trinajstić information content (AvgIpc) is 2.94. The Kier molecular flexibility index (Phi) is 4.15. The maximum Gasteiger partial charge on any atom is 0.341 e. The van der Waals surface area contributed by atoms with Gasteiger partial charge in [-0.15, -0.1) is 5.10 Å². The molecule has 8 nitrogen and oxygen atoms in total. The molecule has 102 valence electrons. The molecule has 0 spiro atoms. The standard InChI is InChI=1S/C10H14N6O2S/c1-4-18-9(17)7-5-11-15(2)8(7)6-19-10-12-13-14-16(10)3/h5H,4,6H2,1-3H3. The van der Waals surface area contributed by atoms with E-state index in [4.69, 9.17) is 4.74 Å². The minimum absolute atomic E-state index is 0.341. The average molecular weight is 282 g/mol. The van der Waals surface area contributed by atoms with Crippen LogP contribution < -0.4 is 0 Å². The van der Waals surface area contributed by atoms with E-state index >= 15 is 0 Å². The summed E-state index contributed by atoms with van der Waals surface area (Å²) in [5.74, 6) is 0.182. The lowest BCUT2D eigenvalue weighted by Crippen LogP contribution is -2.08. The molecule has 0 bridgehead atoms. The van der Waals surface area contributed by atoms with Gasteiger partial charge in [0.05, 0.1) is 18.5 Å². The Bertz CT molecular complexity index is 578. The summed E-state index contributed by atoms with van der Waals surface area (Å²) in [6.07, 6.45) is 1.52. The summed E-state index contributed by atoms with van der Waals surface area (Å²) in [6.45, 7) is 2.11. The quantitative estimate of drug-likeness (QED) is 0.580. The Labute approximate surface area is 114 Å². The molecule has 0 saturated heterocycles. The second-order valence-electron chi connectivity index (χ2n) is 3.72. The normalized spacial score (nSPS) is 10.7. The van der Waals surface area contributed by atoms with Crippen molar-refractivity contribution in [2.24, 2.45) is 14.1 Å². The molecule has 0 N–H and O–H groups in total. The number of aromatic nitrogens is 6. The lowest BCUT2D eigenvalue weighted by molar-refractivity contribution is 0.0525.